The molecule has 1 aliphatic rings. The first kappa shape index (κ1) is 24.8. The van der Waals surface area contributed by atoms with E-state index in [1.165, 1.54) is 4.90 Å². The second kappa shape index (κ2) is 9.38. The lowest BCUT2D eigenvalue weighted by molar-refractivity contribution is -0.145. The van der Waals surface area contributed by atoms with Crippen LogP contribution in [0.25, 0.3) is 10.9 Å². The number of amides is 2. The molecule has 2 amide bonds. The van der Waals surface area contributed by atoms with Crippen molar-refractivity contribution in [2.45, 2.75) is 44.9 Å². The first-order chi connectivity index (χ1) is 16.5. The molecule has 2 heterocycles. The number of aromatic amines is 1. The highest BCUT2D eigenvalue weighted by Crippen LogP contribution is 2.41. The number of ether oxygens (including phenoxy) is 1. The van der Waals surface area contributed by atoms with Crippen LogP contribution in [0.1, 0.15) is 54.0 Å². The number of fused-ring (bicyclic) bond motifs is 3. The number of nitrogens with zero attached hydrogens (tertiary/aromatic N) is 2. The minimum Gasteiger partial charge on any atom is -0.456 e. The van der Waals surface area contributed by atoms with Gasteiger partial charge >= 0.3 is 5.97 Å². The third-order valence-corrected chi connectivity index (χ3v) is 6.35. The van der Waals surface area contributed by atoms with Crippen molar-refractivity contribution in [2.24, 2.45) is 0 Å². The molecular weight excluding hydrogens is 466 g/mol. The molecule has 1 aromatic heterocycles. The normalized spacial score (nSPS) is 17.7. The first-order valence-electron chi connectivity index (χ1n) is 11.5. The van der Waals surface area contributed by atoms with Gasteiger partial charge in [0.25, 0.3) is 0 Å². The SMILES string of the molecule is CN(C)C(=O)[C@H]1Cc2c([nH]c3ccccc23)[C@H](c2ccc(C(=O)OC(C)(C)C)cc2)N1C(=O)CCl. The van der Waals surface area contributed by atoms with Gasteiger partial charge in [-0.25, -0.2) is 4.79 Å². The monoisotopic (exact) mass is 495 g/mol. The quantitative estimate of drug-likeness (QED) is 0.432. The summed E-state index contributed by atoms with van der Waals surface area (Å²) >= 11 is 6.03. The molecule has 8 heteroatoms. The average molecular weight is 496 g/mol. The molecule has 7 nitrogen and oxygen atoms in total. The second-order valence-corrected chi connectivity index (χ2v) is 10.2. The van der Waals surface area contributed by atoms with E-state index in [1.807, 2.05) is 45.0 Å². The van der Waals surface area contributed by atoms with Gasteiger partial charge in [0.05, 0.1) is 11.6 Å². The summed E-state index contributed by atoms with van der Waals surface area (Å²) in [4.78, 5) is 45.5. The number of carbonyl (C=O) groups excluding carboxylic acids is 3. The summed E-state index contributed by atoms with van der Waals surface area (Å²) in [6.07, 6.45) is 0.380. The minimum absolute atomic E-state index is 0.172. The average Bonchev–Trinajstić information content (AvgIpc) is 3.19. The van der Waals surface area contributed by atoms with Crippen LogP contribution >= 0.6 is 11.6 Å². The highest BCUT2D eigenvalue weighted by molar-refractivity contribution is 6.27. The van der Waals surface area contributed by atoms with Crippen molar-refractivity contribution in [3.63, 3.8) is 0 Å². The summed E-state index contributed by atoms with van der Waals surface area (Å²) in [6, 6.07) is 13.6. The van der Waals surface area contributed by atoms with Crippen molar-refractivity contribution >= 4 is 40.3 Å². The topological polar surface area (TPSA) is 82.7 Å². The van der Waals surface area contributed by atoms with Crippen LogP contribution < -0.4 is 0 Å². The fourth-order valence-corrected chi connectivity index (χ4v) is 4.78. The van der Waals surface area contributed by atoms with Crippen molar-refractivity contribution in [1.29, 1.82) is 0 Å². The number of hydrogen-bond acceptors (Lipinski definition) is 4. The zero-order valence-corrected chi connectivity index (χ0v) is 21.3. The van der Waals surface area contributed by atoms with E-state index in [4.69, 9.17) is 16.3 Å². The molecule has 0 spiro atoms. The number of esters is 1. The lowest BCUT2D eigenvalue weighted by Crippen LogP contribution is -2.54. The third-order valence-electron chi connectivity index (χ3n) is 6.12. The van der Waals surface area contributed by atoms with Crippen LogP contribution in [0.15, 0.2) is 48.5 Å². The zero-order valence-electron chi connectivity index (χ0n) is 20.6. The largest absolute Gasteiger partial charge is 0.456 e. The molecule has 35 heavy (non-hydrogen) atoms. The van der Waals surface area contributed by atoms with Crippen LogP contribution in [0.5, 0.6) is 0 Å². The van der Waals surface area contributed by atoms with E-state index >= 15 is 0 Å². The number of nitrogens with one attached hydrogen (secondary N) is 1. The lowest BCUT2D eigenvalue weighted by Gasteiger charge is -2.42. The van der Waals surface area contributed by atoms with Gasteiger partial charge < -0.3 is 19.5 Å². The standard InChI is InChI=1S/C27H30ClN3O4/c1-27(2,3)35-26(34)17-12-10-16(11-13-17)24-23-19(18-8-6-7-9-20(18)29-23)14-21(25(33)30(4)5)31(24)22(32)15-28/h6-13,21,24,29H,14-15H2,1-5H3/t21-,24+/m1/s1. The van der Waals surface area contributed by atoms with Gasteiger partial charge in [-0.1, -0.05) is 30.3 Å². The highest BCUT2D eigenvalue weighted by atomic mass is 35.5. The molecule has 2 atom stereocenters. The van der Waals surface area contributed by atoms with Gasteiger partial charge in [-0.05, 0) is 50.1 Å². The molecule has 0 radical (unpaired) electrons. The summed E-state index contributed by atoms with van der Waals surface area (Å²) in [7, 11) is 3.36. The van der Waals surface area contributed by atoms with Gasteiger partial charge in [0.2, 0.25) is 11.8 Å². The van der Waals surface area contributed by atoms with Gasteiger partial charge in [-0.3, -0.25) is 9.59 Å². The molecular formula is C27H30ClN3O4. The number of alkyl halides is 1. The number of likely N-dealkylation sites (N-methyl/N-ethyl adjacent to an activating group) is 1. The fourth-order valence-electron chi connectivity index (χ4n) is 4.64. The Morgan fingerprint density at radius 1 is 1.09 bits per heavy atom. The molecule has 184 valence electrons. The molecule has 1 N–H and O–H groups in total. The van der Waals surface area contributed by atoms with Crippen molar-refractivity contribution in [3.05, 3.63) is 70.9 Å². The van der Waals surface area contributed by atoms with Crippen LogP contribution in [-0.2, 0) is 20.7 Å². The number of aromatic nitrogens is 1. The molecule has 0 saturated carbocycles. The summed E-state index contributed by atoms with van der Waals surface area (Å²) in [6.45, 7) is 5.45. The Labute approximate surface area is 210 Å². The van der Waals surface area contributed by atoms with Crippen molar-refractivity contribution in [1.82, 2.24) is 14.8 Å². The summed E-state index contributed by atoms with van der Waals surface area (Å²) in [5, 5.41) is 1.02. The predicted molar refractivity (Wildman–Crippen MR) is 136 cm³/mol. The molecule has 0 fully saturated rings. The molecule has 0 unspecified atom stereocenters. The number of hydrogen-bond donors (Lipinski definition) is 1. The molecule has 4 rings (SSSR count). The highest BCUT2D eigenvalue weighted by Gasteiger charge is 2.43. The molecule has 1 aliphatic heterocycles. The van der Waals surface area contributed by atoms with Crippen LogP contribution in [0.2, 0.25) is 0 Å². The number of para-hydroxylation sites is 1. The van der Waals surface area contributed by atoms with Crippen LogP contribution in [0.4, 0.5) is 0 Å². The van der Waals surface area contributed by atoms with Gasteiger partial charge in [0.15, 0.2) is 0 Å². The van der Waals surface area contributed by atoms with Crippen molar-refractivity contribution < 1.29 is 19.1 Å². The number of benzene rings is 2. The van der Waals surface area contributed by atoms with Gasteiger partial charge in [0, 0.05) is 37.1 Å². The number of rotatable bonds is 4. The van der Waals surface area contributed by atoms with E-state index in [0.717, 1.165) is 27.7 Å². The van der Waals surface area contributed by atoms with E-state index in [-0.39, 0.29) is 17.7 Å². The summed E-state index contributed by atoms with van der Waals surface area (Å²) in [5.74, 6) is -1.18. The van der Waals surface area contributed by atoms with Crippen molar-refractivity contribution in [2.75, 3.05) is 20.0 Å². The van der Waals surface area contributed by atoms with Gasteiger partial charge in [-0.15, -0.1) is 11.6 Å². The summed E-state index contributed by atoms with van der Waals surface area (Å²) < 4.78 is 5.48. The fraction of sp³-hybridized carbons (Fsp3) is 0.370. The Balaban J connectivity index is 1.86. The summed E-state index contributed by atoms with van der Waals surface area (Å²) in [5.41, 5.74) is 3.34. The Morgan fingerprint density at radius 2 is 1.74 bits per heavy atom. The number of halogens is 1. The van der Waals surface area contributed by atoms with E-state index in [9.17, 15) is 14.4 Å². The maximum absolute atomic E-state index is 13.3. The number of H-pyrrole nitrogens is 1. The minimum atomic E-state index is -0.710. The second-order valence-electron chi connectivity index (χ2n) is 9.98. The van der Waals surface area contributed by atoms with E-state index in [2.05, 4.69) is 4.98 Å². The van der Waals surface area contributed by atoms with Crippen LogP contribution in [-0.4, -0.2) is 64.2 Å². The maximum atomic E-state index is 13.3. The van der Waals surface area contributed by atoms with E-state index in [0.29, 0.717) is 12.0 Å². The molecule has 0 saturated heterocycles. The Kier molecular flexibility index (Phi) is 6.64. The Hall–Kier alpha value is -3.32. The lowest BCUT2D eigenvalue weighted by atomic mass is 9.87. The van der Waals surface area contributed by atoms with Gasteiger partial charge in [0.1, 0.15) is 17.5 Å². The Bertz CT molecular complexity index is 1270. The smallest absolute Gasteiger partial charge is 0.338 e. The van der Waals surface area contributed by atoms with Gasteiger partial charge in [-0.2, -0.15) is 0 Å². The predicted octanol–water partition coefficient (Wildman–Crippen LogP) is 4.29. The van der Waals surface area contributed by atoms with Crippen molar-refractivity contribution in [3.8, 4) is 0 Å². The number of carbonyl (C=O) groups is 3. The molecule has 2 aromatic carbocycles. The third kappa shape index (κ3) is 4.78. The Morgan fingerprint density at radius 3 is 2.34 bits per heavy atom. The molecule has 0 bridgehead atoms. The zero-order chi connectivity index (χ0) is 25.5. The molecule has 3 aromatic rings. The molecule has 0 aliphatic carbocycles. The maximum Gasteiger partial charge on any atom is 0.338 e. The van der Waals surface area contributed by atoms with Crippen LogP contribution in [0, 0.1) is 0 Å². The van der Waals surface area contributed by atoms with E-state index < -0.39 is 23.7 Å². The van der Waals surface area contributed by atoms with Crippen LogP contribution in [0.3, 0.4) is 0 Å². The van der Waals surface area contributed by atoms with E-state index in [1.54, 1.807) is 43.3 Å². The first-order valence-corrected chi connectivity index (χ1v) is 12.1.